The molecule has 0 amide bonds. The van der Waals surface area contributed by atoms with E-state index in [1.54, 1.807) is 12.1 Å². The molecule has 184 valence electrons. The van der Waals surface area contributed by atoms with E-state index in [9.17, 15) is 18.3 Å². The lowest BCUT2D eigenvalue weighted by Gasteiger charge is -2.24. The van der Waals surface area contributed by atoms with Gasteiger partial charge in [0.05, 0.1) is 12.0 Å². The van der Waals surface area contributed by atoms with Crippen molar-refractivity contribution in [2.75, 3.05) is 13.7 Å². The summed E-state index contributed by atoms with van der Waals surface area (Å²) in [5, 5.41) is 10.7. The number of esters is 1. The average Bonchev–Trinajstić information content (AvgIpc) is 2.78. The van der Waals surface area contributed by atoms with E-state index >= 15 is 0 Å². The minimum Gasteiger partial charge on any atom is -0.467 e. The largest absolute Gasteiger partial charge is 0.467 e. The van der Waals surface area contributed by atoms with Crippen LogP contribution in [0.15, 0.2) is 29.2 Å². The summed E-state index contributed by atoms with van der Waals surface area (Å²) in [7, 11) is -2.90. The first-order valence-corrected chi connectivity index (χ1v) is 13.4. The lowest BCUT2D eigenvalue weighted by molar-refractivity contribution is -0.166. The molecule has 0 heterocycles. The number of hydrogen-bond donors (Lipinski definition) is 1. The molecule has 0 aromatic heterocycles. The van der Waals surface area contributed by atoms with Crippen molar-refractivity contribution in [1.82, 2.24) is 0 Å². The lowest BCUT2D eigenvalue weighted by atomic mass is 9.96. The van der Waals surface area contributed by atoms with Crippen LogP contribution in [0.2, 0.25) is 0 Å². The fourth-order valence-electron chi connectivity index (χ4n) is 3.63. The van der Waals surface area contributed by atoms with E-state index in [2.05, 4.69) is 6.92 Å². The zero-order valence-electron chi connectivity index (χ0n) is 20.1. The van der Waals surface area contributed by atoms with Crippen molar-refractivity contribution < 1.29 is 27.2 Å². The minimum atomic E-state index is -4.08. The van der Waals surface area contributed by atoms with Gasteiger partial charge in [0, 0.05) is 0 Å². The van der Waals surface area contributed by atoms with Crippen LogP contribution in [-0.2, 0) is 23.8 Å². The zero-order chi connectivity index (χ0) is 23.9. The monoisotopic (exact) mass is 470 g/mol. The Morgan fingerprint density at radius 1 is 0.875 bits per heavy atom. The van der Waals surface area contributed by atoms with Gasteiger partial charge in [-0.1, -0.05) is 95.2 Å². The molecule has 1 N–H and O–H groups in total. The Hall–Kier alpha value is -1.44. The van der Waals surface area contributed by atoms with E-state index in [1.165, 1.54) is 70.6 Å². The van der Waals surface area contributed by atoms with Crippen molar-refractivity contribution in [2.24, 2.45) is 0 Å². The SMILES string of the molecule is CCCCCCCCCCCCCC[C@@](O)(COS(=O)(=O)c1ccc(C)cc1)C(=O)OC. The number of benzene rings is 1. The molecular formula is C25H42O6S. The molecule has 0 saturated carbocycles. The molecule has 0 radical (unpaired) electrons. The molecule has 7 heteroatoms. The van der Waals surface area contributed by atoms with Gasteiger partial charge in [-0.2, -0.15) is 8.42 Å². The van der Waals surface area contributed by atoms with Crippen LogP contribution in [0.5, 0.6) is 0 Å². The predicted octanol–water partition coefficient (Wildman–Crippen LogP) is 5.70. The molecule has 1 aromatic rings. The molecule has 1 aromatic carbocycles. The first-order valence-electron chi connectivity index (χ1n) is 12.0. The summed E-state index contributed by atoms with van der Waals surface area (Å²) >= 11 is 0. The number of carbonyl (C=O) groups is 1. The van der Waals surface area contributed by atoms with E-state index in [0.29, 0.717) is 6.42 Å². The predicted molar refractivity (Wildman–Crippen MR) is 127 cm³/mol. The number of hydrogen-bond acceptors (Lipinski definition) is 6. The Balaban J connectivity index is 2.36. The van der Waals surface area contributed by atoms with Gasteiger partial charge in [-0.05, 0) is 31.9 Å². The highest BCUT2D eigenvalue weighted by atomic mass is 32.2. The molecule has 0 aliphatic carbocycles. The van der Waals surface area contributed by atoms with Crippen LogP contribution in [-0.4, -0.2) is 38.8 Å². The first-order chi connectivity index (χ1) is 15.2. The Labute approximate surface area is 194 Å². The quantitative estimate of drug-likeness (QED) is 0.168. The first kappa shape index (κ1) is 28.6. The van der Waals surface area contributed by atoms with Crippen molar-refractivity contribution in [3.8, 4) is 0 Å². The van der Waals surface area contributed by atoms with Crippen molar-refractivity contribution in [1.29, 1.82) is 0 Å². The molecule has 32 heavy (non-hydrogen) atoms. The third-order valence-electron chi connectivity index (χ3n) is 5.77. The summed E-state index contributed by atoms with van der Waals surface area (Å²) in [5.41, 5.74) is -1.06. The fourth-order valence-corrected chi connectivity index (χ4v) is 4.59. The number of methoxy groups -OCH3 is 1. The van der Waals surface area contributed by atoms with Gasteiger partial charge in [-0.25, -0.2) is 4.79 Å². The summed E-state index contributed by atoms with van der Waals surface area (Å²) in [6.07, 6.45) is 14.1. The Morgan fingerprint density at radius 3 is 1.81 bits per heavy atom. The fraction of sp³-hybridized carbons (Fsp3) is 0.720. The second-order valence-electron chi connectivity index (χ2n) is 8.69. The van der Waals surface area contributed by atoms with Gasteiger partial charge in [-0.3, -0.25) is 4.18 Å². The molecular weight excluding hydrogens is 428 g/mol. The molecule has 0 fully saturated rings. The highest BCUT2D eigenvalue weighted by molar-refractivity contribution is 7.86. The van der Waals surface area contributed by atoms with E-state index in [0.717, 1.165) is 24.8 Å². The molecule has 0 aliphatic heterocycles. The maximum Gasteiger partial charge on any atom is 0.340 e. The number of ether oxygens (including phenoxy) is 1. The topological polar surface area (TPSA) is 89.9 Å². The van der Waals surface area contributed by atoms with Gasteiger partial charge < -0.3 is 9.84 Å². The molecule has 0 spiro atoms. The van der Waals surface area contributed by atoms with Gasteiger partial charge >= 0.3 is 5.97 Å². The third kappa shape index (κ3) is 10.9. The van der Waals surface area contributed by atoms with Crippen LogP contribution >= 0.6 is 0 Å². The van der Waals surface area contributed by atoms with Crippen LogP contribution in [0.1, 0.15) is 96.0 Å². The second-order valence-corrected chi connectivity index (χ2v) is 10.3. The summed E-state index contributed by atoms with van der Waals surface area (Å²) in [4.78, 5) is 12.1. The maximum absolute atomic E-state index is 12.4. The van der Waals surface area contributed by atoms with Crippen LogP contribution in [0.4, 0.5) is 0 Å². The van der Waals surface area contributed by atoms with E-state index in [4.69, 9.17) is 8.92 Å². The Bertz CT molecular complexity index is 744. The Morgan fingerprint density at radius 2 is 1.34 bits per heavy atom. The van der Waals surface area contributed by atoms with Crippen LogP contribution < -0.4 is 0 Å². The van der Waals surface area contributed by atoms with E-state index < -0.39 is 28.3 Å². The molecule has 0 unspecified atom stereocenters. The van der Waals surface area contributed by atoms with E-state index in [1.807, 2.05) is 6.92 Å². The zero-order valence-corrected chi connectivity index (χ0v) is 20.9. The molecule has 0 aliphatic rings. The molecule has 6 nitrogen and oxygen atoms in total. The number of carbonyl (C=O) groups excluding carboxylic acids is 1. The van der Waals surface area contributed by atoms with Gasteiger partial charge in [0.2, 0.25) is 0 Å². The average molecular weight is 471 g/mol. The van der Waals surface area contributed by atoms with E-state index in [-0.39, 0.29) is 11.3 Å². The number of aliphatic hydroxyl groups is 1. The second kappa shape index (κ2) is 15.4. The summed E-state index contributed by atoms with van der Waals surface area (Å²) in [6.45, 7) is 3.42. The number of rotatable bonds is 18. The van der Waals surface area contributed by atoms with Crippen LogP contribution in [0, 0.1) is 6.92 Å². The summed E-state index contributed by atoms with van der Waals surface area (Å²) in [6, 6.07) is 6.20. The van der Waals surface area contributed by atoms with Crippen molar-refractivity contribution in [3.05, 3.63) is 29.8 Å². The maximum atomic E-state index is 12.4. The smallest absolute Gasteiger partial charge is 0.340 e. The molecule has 1 atom stereocenters. The minimum absolute atomic E-state index is 0.0133. The lowest BCUT2D eigenvalue weighted by Crippen LogP contribution is -2.44. The summed E-state index contributed by atoms with van der Waals surface area (Å²) in [5.74, 6) is -0.875. The standard InChI is InChI=1S/C25H42O6S/c1-4-5-6-7-8-9-10-11-12-13-14-15-20-25(27,24(26)30-3)21-31-32(28,29)23-18-16-22(2)17-19-23/h16-19,27H,4-15,20-21H2,1-3H3/t25-/m1/s1. The molecule has 0 saturated heterocycles. The van der Waals surface area contributed by atoms with Gasteiger partial charge in [0.15, 0.2) is 5.60 Å². The van der Waals surface area contributed by atoms with Gasteiger partial charge in [0.25, 0.3) is 10.1 Å². The highest BCUT2D eigenvalue weighted by Crippen LogP contribution is 2.22. The Kier molecular flexibility index (Phi) is 13.8. The summed E-state index contributed by atoms with van der Waals surface area (Å²) < 4.78 is 34.5. The highest BCUT2D eigenvalue weighted by Gasteiger charge is 2.39. The molecule has 0 bridgehead atoms. The normalized spacial score (nSPS) is 13.6. The number of aryl methyl sites for hydroxylation is 1. The van der Waals surface area contributed by atoms with Crippen LogP contribution in [0.3, 0.4) is 0 Å². The number of unbranched alkanes of at least 4 members (excludes halogenated alkanes) is 11. The van der Waals surface area contributed by atoms with Gasteiger partial charge in [-0.15, -0.1) is 0 Å². The van der Waals surface area contributed by atoms with Gasteiger partial charge in [0.1, 0.15) is 6.61 Å². The van der Waals surface area contributed by atoms with Crippen LogP contribution in [0.25, 0.3) is 0 Å². The van der Waals surface area contributed by atoms with Crippen molar-refractivity contribution >= 4 is 16.1 Å². The molecule has 1 rings (SSSR count). The van der Waals surface area contributed by atoms with Crippen molar-refractivity contribution in [2.45, 2.75) is 108 Å². The van der Waals surface area contributed by atoms with Crippen molar-refractivity contribution in [3.63, 3.8) is 0 Å². The third-order valence-corrected chi connectivity index (χ3v) is 7.05.